The third kappa shape index (κ3) is 3.80. The number of hydrogen-bond acceptors (Lipinski definition) is 3. The Morgan fingerprint density at radius 3 is 2.42 bits per heavy atom. The lowest BCUT2D eigenvalue weighted by Gasteiger charge is -2.59. The van der Waals surface area contributed by atoms with Gasteiger partial charge in [-0.05, 0) is 78.8 Å². The Bertz CT molecular complexity index is 1020. The minimum absolute atomic E-state index is 0.0573. The van der Waals surface area contributed by atoms with Crippen LogP contribution in [0.1, 0.15) is 99.8 Å². The van der Waals surface area contributed by atoms with Crippen LogP contribution in [0.2, 0.25) is 0 Å². The quantitative estimate of drug-likeness (QED) is 0.368. The molecule has 0 aliphatic heterocycles. The molecule has 0 aromatic heterocycles. The normalized spacial score (nSPS) is 40.0. The van der Waals surface area contributed by atoms with E-state index in [2.05, 4.69) is 67.2 Å². The maximum Gasteiger partial charge on any atom is 0.306 e. The lowest BCUT2D eigenvalue weighted by Crippen LogP contribution is -2.53. The van der Waals surface area contributed by atoms with Gasteiger partial charge in [-0.3, -0.25) is 9.59 Å². The van der Waals surface area contributed by atoms with Crippen molar-refractivity contribution in [3.8, 4) is 0 Å². The van der Waals surface area contributed by atoms with Gasteiger partial charge in [0, 0.05) is 23.2 Å². The van der Waals surface area contributed by atoms with Crippen LogP contribution in [0.4, 0.5) is 0 Å². The molecule has 0 saturated heterocycles. The van der Waals surface area contributed by atoms with E-state index in [0.29, 0.717) is 31.0 Å². The molecule has 0 aromatic carbocycles. The van der Waals surface area contributed by atoms with Crippen molar-refractivity contribution in [3.05, 3.63) is 35.5 Å². The van der Waals surface area contributed by atoms with Gasteiger partial charge in [-0.2, -0.15) is 0 Å². The lowest BCUT2D eigenvalue weighted by atomic mass is 9.44. The number of allylic oxidation sites excluding steroid dienone is 5. The second-order valence-electron chi connectivity index (χ2n) is 14.0. The maximum absolute atomic E-state index is 12.8. The van der Waals surface area contributed by atoms with Gasteiger partial charge in [-0.25, -0.2) is 0 Å². The summed E-state index contributed by atoms with van der Waals surface area (Å²) in [4.78, 5) is 25.4. The summed E-state index contributed by atoms with van der Waals surface area (Å²) in [6.07, 6.45) is 10.0. The summed E-state index contributed by atoms with van der Waals surface area (Å²) >= 11 is 0. The van der Waals surface area contributed by atoms with Gasteiger partial charge in [0.2, 0.25) is 0 Å². The molecule has 7 atom stereocenters. The van der Waals surface area contributed by atoms with Crippen LogP contribution in [0.15, 0.2) is 35.5 Å². The molecule has 4 rings (SSSR count). The van der Waals surface area contributed by atoms with E-state index in [1.54, 1.807) is 0 Å². The van der Waals surface area contributed by atoms with Crippen molar-refractivity contribution in [2.75, 3.05) is 0 Å². The van der Waals surface area contributed by atoms with E-state index in [9.17, 15) is 19.8 Å². The number of aliphatic hydroxyl groups is 1. The molecule has 0 heterocycles. The van der Waals surface area contributed by atoms with Crippen molar-refractivity contribution >= 4 is 11.8 Å². The minimum Gasteiger partial charge on any atom is -0.481 e. The zero-order valence-electron chi connectivity index (χ0n) is 23.6. The summed E-state index contributed by atoms with van der Waals surface area (Å²) in [6.45, 7) is 19.5. The van der Waals surface area contributed by atoms with Gasteiger partial charge in [-0.15, -0.1) is 0 Å². The molecule has 4 heteroatoms. The van der Waals surface area contributed by atoms with Crippen molar-refractivity contribution in [2.24, 2.45) is 45.3 Å². The van der Waals surface area contributed by atoms with E-state index in [0.717, 1.165) is 37.7 Å². The highest BCUT2D eigenvalue weighted by Crippen LogP contribution is 2.71. The highest BCUT2D eigenvalue weighted by atomic mass is 16.4. The van der Waals surface area contributed by atoms with Crippen LogP contribution in [0.3, 0.4) is 0 Å². The van der Waals surface area contributed by atoms with Crippen molar-refractivity contribution in [3.63, 3.8) is 0 Å². The number of Topliss-reactive ketones (excluding diaryl/α,β-unsaturated/α-hetero) is 1. The molecule has 0 aromatic rings. The second kappa shape index (κ2) is 8.96. The average Bonchev–Trinajstić information content (AvgIpc) is 2.99. The second-order valence-corrected chi connectivity index (χ2v) is 14.0. The van der Waals surface area contributed by atoms with Crippen LogP contribution in [-0.2, 0) is 9.59 Å². The Kier molecular flexibility index (Phi) is 6.81. The van der Waals surface area contributed by atoms with Gasteiger partial charge in [0.15, 0.2) is 0 Å². The number of carboxylic acids is 1. The zero-order valence-corrected chi connectivity index (χ0v) is 23.6. The predicted molar refractivity (Wildman–Crippen MR) is 144 cm³/mol. The molecule has 200 valence electrons. The third-order valence-electron chi connectivity index (χ3n) is 11.6. The molecule has 0 bridgehead atoms. The summed E-state index contributed by atoms with van der Waals surface area (Å²) in [7, 11) is 0. The first-order valence-electron chi connectivity index (χ1n) is 14.1. The van der Waals surface area contributed by atoms with E-state index >= 15 is 0 Å². The molecule has 0 radical (unpaired) electrons. The lowest BCUT2D eigenvalue weighted by molar-refractivity contribution is -0.148. The Morgan fingerprint density at radius 2 is 1.81 bits per heavy atom. The van der Waals surface area contributed by atoms with Crippen LogP contribution >= 0.6 is 0 Å². The molecule has 4 aliphatic carbocycles. The highest BCUT2D eigenvalue weighted by Gasteiger charge is 2.66. The van der Waals surface area contributed by atoms with Crippen LogP contribution in [0.5, 0.6) is 0 Å². The summed E-state index contributed by atoms with van der Waals surface area (Å²) in [5.41, 5.74) is 2.84. The first-order valence-corrected chi connectivity index (χ1v) is 14.1. The first kappa shape index (κ1) is 27.4. The Hall–Kier alpha value is -1.68. The molecule has 0 unspecified atom stereocenters. The van der Waals surface area contributed by atoms with Crippen molar-refractivity contribution in [1.29, 1.82) is 0 Å². The highest BCUT2D eigenvalue weighted by molar-refractivity contribution is 5.86. The Morgan fingerprint density at radius 1 is 1.14 bits per heavy atom. The molecule has 2 saturated carbocycles. The molecule has 4 aliphatic rings. The van der Waals surface area contributed by atoms with E-state index in [1.807, 2.05) is 0 Å². The Labute approximate surface area is 218 Å². The van der Waals surface area contributed by atoms with Crippen molar-refractivity contribution in [2.45, 2.75) is 106 Å². The van der Waals surface area contributed by atoms with Crippen molar-refractivity contribution < 1.29 is 19.8 Å². The zero-order chi connectivity index (χ0) is 26.8. The van der Waals surface area contributed by atoms with E-state index in [1.165, 1.54) is 11.1 Å². The van der Waals surface area contributed by atoms with Gasteiger partial charge < -0.3 is 10.2 Å². The predicted octanol–water partition coefficient (Wildman–Crippen LogP) is 7.13. The van der Waals surface area contributed by atoms with E-state index in [4.69, 9.17) is 0 Å². The monoisotopic (exact) mass is 496 g/mol. The number of fused-ring (bicyclic) bond motifs is 5. The number of carbonyl (C=O) groups excluding carboxylic acids is 1. The third-order valence-corrected chi connectivity index (χ3v) is 11.6. The van der Waals surface area contributed by atoms with Gasteiger partial charge in [-0.1, -0.05) is 72.8 Å². The largest absolute Gasteiger partial charge is 0.481 e. The van der Waals surface area contributed by atoms with E-state index < -0.39 is 18.0 Å². The smallest absolute Gasteiger partial charge is 0.306 e. The number of carbonyl (C=O) groups is 2. The standard InChI is InChI=1S/C32H48O4/c1-19(2)20(3)10-9-11-21(28(35)36)27-24(33)18-32(8)23-12-13-25-29(4,5)26(34)15-16-30(25,6)22(23)14-17-31(27,32)7/h12,14,19,21,24-25,27,33H,3,9-11,13,15-18H2,1-2,4-8H3,(H,35,36)/t21-,24-,25+,27+,30-,31-,32+/m1/s1. The fourth-order valence-electron chi connectivity index (χ4n) is 8.93. The summed E-state index contributed by atoms with van der Waals surface area (Å²) in [5.74, 6) is -0.600. The summed E-state index contributed by atoms with van der Waals surface area (Å²) < 4.78 is 0. The number of rotatable bonds is 7. The van der Waals surface area contributed by atoms with Gasteiger partial charge in [0.25, 0.3) is 0 Å². The maximum atomic E-state index is 12.8. The summed E-state index contributed by atoms with van der Waals surface area (Å²) in [5, 5.41) is 21.8. The molecular formula is C32H48O4. The number of aliphatic hydroxyl groups excluding tert-OH is 1. The molecule has 0 amide bonds. The van der Waals surface area contributed by atoms with E-state index in [-0.39, 0.29) is 33.5 Å². The summed E-state index contributed by atoms with van der Waals surface area (Å²) in [6, 6.07) is 0. The van der Waals surface area contributed by atoms with Crippen LogP contribution in [-0.4, -0.2) is 28.1 Å². The van der Waals surface area contributed by atoms with Crippen LogP contribution in [0, 0.1) is 45.3 Å². The van der Waals surface area contributed by atoms with Gasteiger partial charge >= 0.3 is 5.97 Å². The molecule has 2 N–H and O–H groups in total. The molecule has 0 spiro atoms. The average molecular weight is 497 g/mol. The first-order chi connectivity index (χ1) is 16.6. The van der Waals surface area contributed by atoms with Gasteiger partial charge in [0.1, 0.15) is 5.78 Å². The molecule has 36 heavy (non-hydrogen) atoms. The topological polar surface area (TPSA) is 74.6 Å². The Balaban J connectivity index is 1.68. The number of aliphatic carboxylic acids is 1. The molecule has 4 nitrogen and oxygen atoms in total. The fraction of sp³-hybridized carbons (Fsp3) is 0.750. The van der Waals surface area contributed by atoms with Gasteiger partial charge in [0.05, 0.1) is 12.0 Å². The van der Waals surface area contributed by atoms with Crippen LogP contribution in [0.25, 0.3) is 0 Å². The number of hydrogen-bond donors (Lipinski definition) is 2. The number of carboxylic acid groups (broad SMARTS) is 1. The van der Waals surface area contributed by atoms with Crippen molar-refractivity contribution in [1.82, 2.24) is 0 Å². The minimum atomic E-state index is -0.786. The fourth-order valence-corrected chi connectivity index (χ4v) is 8.93. The van der Waals surface area contributed by atoms with Crippen LogP contribution < -0.4 is 0 Å². The number of ketones is 1. The molecular weight excluding hydrogens is 448 g/mol. The molecule has 2 fully saturated rings. The SMILES string of the molecule is C=C(CCC[C@@H](C(=O)O)[C@H]1[C@H](O)C[C@@]2(C)C3=CC[C@H]4C(C)(C)C(=O)CC[C@]4(C)C3=CC[C@]12C)C(C)C.